The monoisotopic (exact) mass is 268 g/mol. The number of nitrogens with zero attached hydrogens (tertiary/aromatic N) is 1. The first kappa shape index (κ1) is 12.9. The number of amidine groups is 1. The third kappa shape index (κ3) is 2.33. The molecule has 0 atom stereocenters. The van der Waals surface area contributed by atoms with Crippen molar-refractivity contribution in [3.05, 3.63) is 28.8 Å². The van der Waals surface area contributed by atoms with Crippen LogP contribution in [-0.4, -0.2) is 20.4 Å². The summed E-state index contributed by atoms with van der Waals surface area (Å²) in [6, 6.07) is 3.60. The number of hydrogen-bond donors (Lipinski definition) is 1. The Bertz CT molecular complexity index is 618. The highest BCUT2D eigenvalue weighted by molar-refractivity contribution is 7.89. The molecule has 0 amide bonds. The number of ether oxygens (including phenoxy) is 1. The molecule has 0 aromatic heterocycles. The van der Waals surface area contributed by atoms with Gasteiger partial charge in [0, 0.05) is 0 Å². The van der Waals surface area contributed by atoms with E-state index in [0.29, 0.717) is 16.9 Å². The molecule has 0 unspecified atom stereocenters. The topological polar surface area (TPSA) is 81.8 Å². The van der Waals surface area contributed by atoms with Gasteiger partial charge in [0.05, 0.1) is 17.4 Å². The first-order valence-electron chi connectivity index (χ1n) is 5.68. The summed E-state index contributed by atoms with van der Waals surface area (Å²) < 4.78 is 32.3. The summed E-state index contributed by atoms with van der Waals surface area (Å²) in [7, 11) is -3.50. The van der Waals surface area contributed by atoms with Gasteiger partial charge in [-0.25, -0.2) is 8.42 Å². The Morgan fingerprint density at radius 3 is 2.67 bits per heavy atom. The molecule has 0 spiro atoms. The third-order valence-electron chi connectivity index (χ3n) is 2.63. The fourth-order valence-electron chi connectivity index (χ4n) is 1.94. The molecule has 0 bridgehead atoms. The maximum Gasteiger partial charge on any atom is 0.259 e. The molecule has 0 radical (unpaired) electrons. The number of aryl methyl sites for hydroxylation is 1. The predicted molar refractivity (Wildman–Crippen MR) is 70.3 cm³/mol. The lowest BCUT2D eigenvalue weighted by Gasteiger charge is -2.21. The second-order valence-corrected chi connectivity index (χ2v) is 6.25. The SMILES string of the molecule is Cc1ccc2c(c1OC(C)C)C(N)=NS(=O)(=O)C2. The molecule has 1 heterocycles. The Kier molecular flexibility index (Phi) is 3.06. The van der Waals surface area contributed by atoms with Gasteiger partial charge in [0.15, 0.2) is 0 Å². The zero-order valence-corrected chi connectivity index (χ0v) is 11.4. The smallest absolute Gasteiger partial charge is 0.259 e. The molecule has 5 nitrogen and oxygen atoms in total. The molecule has 2 rings (SSSR count). The number of rotatable bonds is 2. The van der Waals surface area contributed by atoms with Crippen molar-refractivity contribution in [1.82, 2.24) is 0 Å². The summed E-state index contributed by atoms with van der Waals surface area (Å²) in [6.45, 7) is 5.71. The molecule has 6 heteroatoms. The van der Waals surface area contributed by atoms with Crippen LogP contribution in [0, 0.1) is 6.92 Å². The number of benzene rings is 1. The van der Waals surface area contributed by atoms with Crippen LogP contribution in [0.15, 0.2) is 16.5 Å². The van der Waals surface area contributed by atoms with Crippen molar-refractivity contribution in [2.24, 2.45) is 10.1 Å². The zero-order valence-electron chi connectivity index (χ0n) is 10.6. The van der Waals surface area contributed by atoms with Crippen molar-refractivity contribution in [2.75, 3.05) is 0 Å². The third-order valence-corrected chi connectivity index (χ3v) is 3.78. The molecule has 0 saturated carbocycles. The molecule has 1 aliphatic rings. The van der Waals surface area contributed by atoms with Crippen LogP contribution in [0.4, 0.5) is 0 Å². The van der Waals surface area contributed by atoms with E-state index in [1.807, 2.05) is 26.8 Å². The Hall–Kier alpha value is -1.56. The first-order chi connectivity index (χ1) is 8.30. The highest BCUT2D eigenvalue weighted by Gasteiger charge is 2.26. The standard InChI is InChI=1S/C12H16N2O3S/c1-7(2)17-11-8(3)4-5-9-6-18(15,16)14-12(13)10(9)11/h4-5,7H,6H2,1-3H3,(H2,13,14). The largest absolute Gasteiger partial charge is 0.490 e. The molecule has 1 aromatic carbocycles. The number of fused-ring (bicyclic) bond motifs is 1. The van der Waals surface area contributed by atoms with Crippen molar-refractivity contribution in [3.8, 4) is 5.75 Å². The lowest BCUT2D eigenvalue weighted by molar-refractivity contribution is 0.240. The van der Waals surface area contributed by atoms with Gasteiger partial charge in [-0.05, 0) is 31.9 Å². The quantitative estimate of drug-likeness (QED) is 0.877. The minimum absolute atomic E-state index is 0.00981. The minimum atomic E-state index is -3.50. The van der Waals surface area contributed by atoms with Gasteiger partial charge < -0.3 is 10.5 Å². The normalized spacial score (nSPS) is 17.2. The molecule has 98 valence electrons. The van der Waals surface area contributed by atoms with E-state index in [4.69, 9.17) is 10.5 Å². The van der Waals surface area contributed by atoms with Gasteiger partial charge in [0.1, 0.15) is 11.6 Å². The van der Waals surface area contributed by atoms with Crippen LogP contribution in [0.2, 0.25) is 0 Å². The van der Waals surface area contributed by atoms with Crippen molar-refractivity contribution in [1.29, 1.82) is 0 Å². The van der Waals surface area contributed by atoms with Crippen LogP contribution in [0.3, 0.4) is 0 Å². The molecule has 18 heavy (non-hydrogen) atoms. The van der Waals surface area contributed by atoms with Gasteiger partial charge in [-0.3, -0.25) is 0 Å². The lowest BCUT2D eigenvalue weighted by Crippen LogP contribution is -2.25. The maximum absolute atomic E-state index is 11.5. The highest BCUT2D eigenvalue weighted by atomic mass is 32.2. The summed E-state index contributed by atoms with van der Waals surface area (Å²) in [5.74, 6) is 0.506. The highest BCUT2D eigenvalue weighted by Crippen LogP contribution is 2.31. The second-order valence-electron chi connectivity index (χ2n) is 4.62. The number of sulfonamides is 1. The van der Waals surface area contributed by atoms with Gasteiger partial charge in [-0.15, -0.1) is 4.40 Å². The Balaban J connectivity index is 2.65. The van der Waals surface area contributed by atoms with Crippen LogP contribution >= 0.6 is 0 Å². The van der Waals surface area contributed by atoms with Crippen LogP contribution in [0.5, 0.6) is 5.75 Å². The van der Waals surface area contributed by atoms with Gasteiger partial charge in [0.25, 0.3) is 10.0 Å². The molecule has 0 aliphatic carbocycles. The Labute approximate surface area is 107 Å². The van der Waals surface area contributed by atoms with Crippen LogP contribution < -0.4 is 10.5 Å². The molecular weight excluding hydrogens is 252 g/mol. The fraction of sp³-hybridized carbons (Fsp3) is 0.417. The average molecular weight is 268 g/mol. The van der Waals surface area contributed by atoms with Gasteiger partial charge in [-0.1, -0.05) is 12.1 Å². The average Bonchev–Trinajstić information content (AvgIpc) is 2.20. The number of nitrogens with two attached hydrogens (primary N) is 1. The van der Waals surface area contributed by atoms with Crippen LogP contribution in [0.1, 0.15) is 30.5 Å². The zero-order chi connectivity index (χ0) is 13.5. The Morgan fingerprint density at radius 1 is 1.39 bits per heavy atom. The molecule has 0 saturated heterocycles. The maximum atomic E-state index is 11.5. The summed E-state index contributed by atoms with van der Waals surface area (Å²) in [5, 5.41) is 0. The van der Waals surface area contributed by atoms with E-state index in [9.17, 15) is 8.42 Å². The van der Waals surface area contributed by atoms with Crippen molar-refractivity contribution < 1.29 is 13.2 Å². The molecule has 0 fully saturated rings. The van der Waals surface area contributed by atoms with E-state index in [2.05, 4.69) is 4.40 Å². The van der Waals surface area contributed by atoms with Crippen molar-refractivity contribution >= 4 is 15.9 Å². The summed E-state index contributed by atoms with van der Waals surface area (Å²) in [5.41, 5.74) is 7.93. The summed E-state index contributed by atoms with van der Waals surface area (Å²) >= 11 is 0. The molecule has 1 aliphatic heterocycles. The van der Waals surface area contributed by atoms with Crippen molar-refractivity contribution in [2.45, 2.75) is 32.6 Å². The summed E-state index contributed by atoms with van der Waals surface area (Å²) in [6.07, 6.45) is -0.0125. The van der Waals surface area contributed by atoms with Crippen molar-refractivity contribution in [3.63, 3.8) is 0 Å². The fourth-order valence-corrected chi connectivity index (χ4v) is 3.03. The van der Waals surface area contributed by atoms with Gasteiger partial charge >= 0.3 is 0 Å². The van der Waals surface area contributed by atoms with E-state index >= 15 is 0 Å². The van der Waals surface area contributed by atoms with E-state index < -0.39 is 10.0 Å². The Morgan fingerprint density at radius 2 is 2.06 bits per heavy atom. The van der Waals surface area contributed by atoms with Gasteiger partial charge in [-0.2, -0.15) is 0 Å². The van der Waals surface area contributed by atoms with E-state index in [0.717, 1.165) is 5.56 Å². The lowest BCUT2D eigenvalue weighted by atomic mass is 10.0. The molecular formula is C12H16N2O3S. The minimum Gasteiger partial charge on any atom is -0.490 e. The van der Waals surface area contributed by atoms with Gasteiger partial charge in [0.2, 0.25) is 0 Å². The van der Waals surface area contributed by atoms with E-state index in [1.54, 1.807) is 6.07 Å². The molecule has 1 aromatic rings. The molecule has 2 N–H and O–H groups in total. The van der Waals surface area contributed by atoms with Crippen LogP contribution in [-0.2, 0) is 15.8 Å². The second kappa shape index (κ2) is 4.28. The van der Waals surface area contributed by atoms with Crippen LogP contribution in [0.25, 0.3) is 0 Å². The summed E-state index contributed by atoms with van der Waals surface area (Å²) in [4.78, 5) is 0. The van der Waals surface area contributed by atoms with E-state index in [-0.39, 0.29) is 17.7 Å². The first-order valence-corrected chi connectivity index (χ1v) is 7.28. The number of hydrogen-bond acceptors (Lipinski definition) is 4. The van der Waals surface area contributed by atoms with E-state index in [1.165, 1.54) is 0 Å². The predicted octanol–water partition coefficient (Wildman–Crippen LogP) is 1.33.